The summed E-state index contributed by atoms with van der Waals surface area (Å²) in [6.07, 6.45) is 6.28. The van der Waals surface area contributed by atoms with E-state index in [1.165, 1.54) is 8.66 Å². The highest BCUT2D eigenvalue weighted by Gasteiger charge is 2.01. The van der Waals surface area contributed by atoms with E-state index in [0.29, 0.717) is 0 Å². The molecule has 0 aromatic carbocycles. The topological polar surface area (TPSA) is 29.9 Å². The van der Waals surface area contributed by atoms with Crippen molar-refractivity contribution in [2.75, 3.05) is 6.54 Å². The number of aromatic nitrogens is 2. The van der Waals surface area contributed by atoms with Crippen molar-refractivity contribution in [2.24, 2.45) is 0 Å². The zero-order valence-corrected chi connectivity index (χ0v) is 12.9. The minimum Gasteiger partial charge on any atom is -0.337 e. The summed E-state index contributed by atoms with van der Waals surface area (Å²) in [5, 5.41) is 3.36. The van der Waals surface area contributed by atoms with Gasteiger partial charge in [-0.25, -0.2) is 4.98 Å². The maximum atomic E-state index is 4.40. The van der Waals surface area contributed by atoms with Crippen LogP contribution in [0.3, 0.4) is 0 Å². The Bertz CT molecular complexity index is 478. The Hall–Kier alpha value is -0.650. The fraction of sp³-hybridized carbons (Fsp3) is 0.462. The van der Waals surface area contributed by atoms with E-state index in [1.54, 1.807) is 11.3 Å². The molecular weight excluding hydrogens is 310 g/mol. The number of nitrogens with one attached hydrogen (secondary N) is 1. The summed E-state index contributed by atoms with van der Waals surface area (Å²) in [5.41, 5.74) is 1.12. The van der Waals surface area contributed by atoms with E-state index in [2.05, 4.69) is 56.1 Å². The normalized spacial score (nSPS) is 11.0. The van der Waals surface area contributed by atoms with Gasteiger partial charge in [0.15, 0.2) is 0 Å². The van der Waals surface area contributed by atoms with Gasteiger partial charge in [0.25, 0.3) is 0 Å². The van der Waals surface area contributed by atoms with E-state index in [0.717, 1.165) is 38.2 Å². The first kappa shape index (κ1) is 13.8. The van der Waals surface area contributed by atoms with Gasteiger partial charge in [0.1, 0.15) is 0 Å². The highest BCUT2D eigenvalue weighted by molar-refractivity contribution is 9.11. The molecule has 3 nitrogen and oxygen atoms in total. The zero-order chi connectivity index (χ0) is 12.8. The second-order valence-electron chi connectivity index (χ2n) is 4.24. The van der Waals surface area contributed by atoms with E-state index in [4.69, 9.17) is 0 Å². The second-order valence-corrected chi connectivity index (χ2v) is 6.78. The molecule has 0 aliphatic heterocycles. The molecule has 0 unspecified atom stereocenters. The highest BCUT2D eigenvalue weighted by Crippen LogP contribution is 2.22. The van der Waals surface area contributed by atoms with Gasteiger partial charge in [0, 0.05) is 24.2 Å². The minimum atomic E-state index is 0.866. The summed E-state index contributed by atoms with van der Waals surface area (Å²) in [7, 11) is 0. The summed E-state index contributed by atoms with van der Waals surface area (Å²) >= 11 is 5.29. The van der Waals surface area contributed by atoms with Crippen molar-refractivity contribution in [1.29, 1.82) is 0 Å². The lowest BCUT2D eigenvalue weighted by atomic mass is 10.3. The fourth-order valence-electron chi connectivity index (χ4n) is 1.74. The van der Waals surface area contributed by atoms with E-state index in [-0.39, 0.29) is 0 Å². The predicted molar refractivity (Wildman–Crippen MR) is 79.9 cm³/mol. The van der Waals surface area contributed by atoms with Crippen LogP contribution >= 0.6 is 27.3 Å². The van der Waals surface area contributed by atoms with Gasteiger partial charge in [-0.05, 0) is 47.4 Å². The molecule has 0 amide bonds. The van der Waals surface area contributed by atoms with Gasteiger partial charge in [0.05, 0.1) is 15.8 Å². The van der Waals surface area contributed by atoms with Crippen molar-refractivity contribution in [1.82, 2.24) is 14.9 Å². The van der Waals surface area contributed by atoms with Gasteiger partial charge in [-0.1, -0.05) is 6.92 Å². The largest absolute Gasteiger partial charge is 0.337 e. The summed E-state index contributed by atoms with van der Waals surface area (Å²) in [5.74, 6) is 0. The van der Waals surface area contributed by atoms with Gasteiger partial charge in [0.2, 0.25) is 0 Å². The SMILES string of the molecule is CCCNCc1cn(CCc2ccc(Br)s2)cn1. The quantitative estimate of drug-likeness (QED) is 0.789. The maximum Gasteiger partial charge on any atom is 0.0950 e. The molecule has 0 atom stereocenters. The average molecular weight is 328 g/mol. The smallest absolute Gasteiger partial charge is 0.0950 e. The summed E-state index contributed by atoms with van der Waals surface area (Å²) in [6.45, 7) is 5.08. The molecule has 0 aliphatic rings. The Morgan fingerprint density at radius 2 is 2.33 bits per heavy atom. The van der Waals surface area contributed by atoms with Crippen molar-refractivity contribution in [3.05, 3.63) is 39.0 Å². The molecular formula is C13H18BrN3S. The van der Waals surface area contributed by atoms with Crippen molar-refractivity contribution < 1.29 is 0 Å². The van der Waals surface area contributed by atoms with Gasteiger partial charge < -0.3 is 9.88 Å². The van der Waals surface area contributed by atoms with Crippen LogP contribution in [0.2, 0.25) is 0 Å². The van der Waals surface area contributed by atoms with Crippen LogP contribution < -0.4 is 5.32 Å². The van der Waals surface area contributed by atoms with Crippen LogP contribution in [0.1, 0.15) is 23.9 Å². The first-order chi connectivity index (χ1) is 8.78. The van der Waals surface area contributed by atoms with Crippen molar-refractivity contribution in [2.45, 2.75) is 32.9 Å². The Labute approximate surface area is 120 Å². The van der Waals surface area contributed by atoms with E-state index >= 15 is 0 Å². The number of aryl methyl sites for hydroxylation is 2. The third-order valence-electron chi connectivity index (χ3n) is 2.66. The van der Waals surface area contributed by atoms with E-state index < -0.39 is 0 Å². The second kappa shape index (κ2) is 7.07. The molecule has 5 heteroatoms. The first-order valence-corrected chi connectivity index (χ1v) is 7.84. The predicted octanol–water partition coefficient (Wildman–Crippen LogP) is 3.45. The summed E-state index contributed by atoms with van der Waals surface area (Å²) in [6, 6.07) is 4.28. The third-order valence-corrected chi connectivity index (χ3v) is 4.35. The number of rotatable bonds is 7. The van der Waals surface area contributed by atoms with Crippen LogP contribution in [-0.2, 0) is 19.5 Å². The van der Waals surface area contributed by atoms with Crippen LogP contribution in [-0.4, -0.2) is 16.1 Å². The molecule has 2 aromatic rings. The Morgan fingerprint density at radius 3 is 3.06 bits per heavy atom. The Kier molecular flexibility index (Phi) is 5.41. The highest BCUT2D eigenvalue weighted by atomic mass is 79.9. The molecule has 98 valence electrons. The van der Waals surface area contributed by atoms with Crippen molar-refractivity contribution in [3.8, 4) is 0 Å². The molecule has 0 saturated heterocycles. The molecule has 2 rings (SSSR count). The fourth-order valence-corrected chi connectivity index (χ4v) is 3.21. The number of imidazole rings is 1. The maximum absolute atomic E-state index is 4.40. The number of hydrogen-bond donors (Lipinski definition) is 1. The molecule has 0 radical (unpaired) electrons. The van der Waals surface area contributed by atoms with Gasteiger partial charge in [-0.3, -0.25) is 0 Å². The lowest BCUT2D eigenvalue weighted by Gasteiger charge is -2.00. The minimum absolute atomic E-state index is 0.866. The lowest BCUT2D eigenvalue weighted by molar-refractivity contribution is 0.663. The number of hydrogen-bond acceptors (Lipinski definition) is 3. The molecule has 0 spiro atoms. The standard InChI is InChI=1S/C13H18BrN3S/c1-2-6-15-8-11-9-17(10-16-11)7-5-12-3-4-13(14)18-12/h3-4,9-10,15H,2,5-8H2,1H3. The summed E-state index contributed by atoms with van der Waals surface area (Å²) < 4.78 is 3.36. The van der Waals surface area contributed by atoms with E-state index in [9.17, 15) is 0 Å². The number of halogens is 1. The van der Waals surface area contributed by atoms with Crippen LogP contribution in [0.25, 0.3) is 0 Å². The molecule has 2 heterocycles. The number of thiophene rings is 1. The average Bonchev–Trinajstić information content (AvgIpc) is 2.96. The molecule has 18 heavy (non-hydrogen) atoms. The van der Waals surface area contributed by atoms with E-state index in [1.807, 2.05) is 6.33 Å². The lowest BCUT2D eigenvalue weighted by Crippen LogP contribution is -2.13. The third kappa shape index (κ3) is 4.23. The zero-order valence-electron chi connectivity index (χ0n) is 10.5. The molecule has 0 bridgehead atoms. The molecule has 0 fully saturated rings. The van der Waals surface area contributed by atoms with Gasteiger partial charge >= 0.3 is 0 Å². The van der Waals surface area contributed by atoms with Crippen molar-refractivity contribution in [3.63, 3.8) is 0 Å². The summed E-state index contributed by atoms with van der Waals surface area (Å²) in [4.78, 5) is 5.80. The number of nitrogens with zero attached hydrogens (tertiary/aromatic N) is 2. The Balaban J connectivity index is 1.79. The van der Waals surface area contributed by atoms with Gasteiger partial charge in [-0.2, -0.15) is 0 Å². The molecule has 0 saturated carbocycles. The molecule has 0 aliphatic carbocycles. The van der Waals surface area contributed by atoms with Crippen molar-refractivity contribution >= 4 is 27.3 Å². The Morgan fingerprint density at radius 1 is 1.44 bits per heavy atom. The van der Waals surface area contributed by atoms with Crippen LogP contribution in [0.15, 0.2) is 28.4 Å². The van der Waals surface area contributed by atoms with Gasteiger partial charge in [-0.15, -0.1) is 11.3 Å². The first-order valence-electron chi connectivity index (χ1n) is 6.23. The molecule has 2 aromatic heterocycles. The molecule has 1 N–H and O–H groups in total. The monoisotopic (exact) mass is 327 g/mol. The van der Waals surface area contributed by atoms with Crippen LogP contribution in [0.4, 0.5) is 0 Å². The van der Waals surface area contributed by atoms with Crippen LogP contribution in [0, 0.1) is 0 Å². The van der Waals surface area contributed by atoms with Crippen LogP contribution in [0.5, 0.6) is 0 Å².